The predicted octanol–water partition coefficient (Wildman–Crippen LogP) is 4.26. The molecule has 1 aromatic heterocycles. The molecule has 0 N–H and O–H groups in total. The van der Waals surface area contributed by atoms with Crippen molar-refractivity contribution in [1.29, 1.82) is 0 Å². The topological polar surface area (TPSA) is 42.7 Å². The number of hydrogen-bond donors (Lipinski definition) is 0. The molecule has 0 saturated carbocycles. The van der Waals surface area contributed by atoms with E-state index >= 15 is 0 Å². The maximum Gasteiger partial charge on any atom is 0.193 e. The lowest BCUT2D eigenvalue weighted by atomic mass is 10.1. The molecule has 1 saturated heterocycles. The predicted molar refractivity (Wildman–Crippen MR) is 80.5 cm³/mol. The highest BCUT2D eigenvalue weighted by atomic mass is 35.5. The fourth-order valence-corrected chi connectivity index (χ4v) is 2.62. The van der Waals surface area contributed by atoms with Crippen LogP contribution < -0.4 is 5.43 Å². The van der Waals surface area contributed by atoms with Gasteiger partial charge < -0.3 is 9.15 Å². The van der Waals surface area contributed by atoms with E-state index in [-0.39, 0.29) is 17.6 Å². The Kier molecular flexibility index (Phi) is 2.84. The van der Waals surface area contributed by atoms with E-state index in [2.05, 4.69) is 0 Å². The number of rotatable bonds is 2. The minimum atomic E-state index is -0.205. The van der Waals surface area contributed by atoms with Crippen LogP contribution in [0.25, 0.3) is 11.0 Å². The molecule has 0 unspecified atom stereocenters. The maximum atomic E-state index is 12.1. The molecule has 0 bridgehead atoms. The summed E-state index contributed by atoms with van der Waals surface area (Å²) in [5.74, 6) is 0.568. The molecule has 1 aliphatic rings. The van der Waals surface area contributed by atoms with Crippen molar-refractivity contribution in [2.45, 2.75) is 12.2 Å². The Bertz CT molecular complexity index is 867. The van der Waals surface area contributed by atoms with Gasteiger partial charge in [0.1, 0.15) is 23.6 Å². The van der Waals surface area contributed by atoms with E-state index in [0.717, 1.165) is 5.56 Å². The normalized spacial score (nSPS) is 20.6. The summed E-state index contributed by atoms with van der Waals surface area (Å²) in [4.78, 5) is 12.1. The average molecular weight is 299 g/mol. The number of benzene rings is 2. The van der Waals surface area contributed by atoms with Gasteiger partial charge in [0, 0.05) is 11.1 Å². The van der Waals surface area contributed by atoms with E-state index in [4.69, 9.17) is 20.8 Å². The summed E-state index contributed by atoms with van der Waals surface area (Å²) >= 11 is 5.88. The molecular formula is C17H11ClO3. The fraction of sp³-hybridized carbons (Fsp3) is 0.118. The van der Waals surface area contributed by atoms with Gasteiger partial charge in [0.2, 0.25) is 0 Å². The van der Waals surface area contributed by atoms with Gasteiger partial charge in [-0.2, -0.15) is 0 Å². The summed E-state index contributed by atoms with van der Waals surface area (Å²) in [6, 6.07) is 16.2. The van der Waals surface area contributed by atoms with Gasteiger partial charge in [0.15, 0.2) is 5.43 Å². The van der Waals surface area contributed by atoms with Crippen LogP contribution in [0.1, 0.15) is 23.5 Å². The first-order chi connectivity index (χ1) is 10.2. The Labute approximate surface area is 125 Å². The Morgan fingerprint density at radius 3 is 2.52 bits per heavy atom. The molecule has 0 spiro atoms. The first kappa shape index (κ1) is 12.6. The van der Waals surface area contributed by atoms with Gasteiger partial charge in [-0.3, -0.25) is 4.79 Å². The molecule has 0 radical (unpaired) electrons. The number of fused-ring (bicyclic) bond motifs is 1. The summed E-state index contributed by atoms with van der Waals surface area (Å²) in [5, 5.41) is 1.28. The minimum absolute atomic E-state index is 0.0443. The zero-order valence-electron chi connectivity index (χ0n) is 11.0. The third-order valence-corrected chi connectivity index (χ3v) is 3.88. The second-order valence-corrected chi connectivity index (χ2v) is 5.47. The first-order valence-corrected chi connectivity index (χ1v) is 7.04. The van der Waals surface area contributed by atoms with Crippen molar-refractivity contribution in [3.8, 4) is 0 Å². The smallest absolute Gasteiger partial charge is 0.193 e. The van der Waals surface area contributed by atoms with Gasteiger partial charge in [-0.05, 0) is 29.8 Å². The highest BCUT2D eigenvalue weighted by Crippen LogP contribution is 2.51. The van der Waals surface area contributed by atoms with Crippen LogP contribution in [-0.4, -0.2) is 0 Å². The van der Waals surface area contributed by atoms with Crippen LogP contribution in [0.4, 0.5) is 0 Å². The summed E-state index contributed by atoms with van der Waals surface area (Å²) in [5.41, 5.74) is 1.57. The van der Waals surface area contributed by atoms with E-state index in [1.807, 2.05) is 36.4 Å². The van der Waals surface area contributed by atoms with E-state index in [1.165, 1.54) is 6.07 Å². The molecule has 2 atom stereocenters. The standard InChI is InChI=1S/C17H11ClO3/c18-11-7-5-10(6-8-11)16-17(21-16)15-9-13(19)12-3-1-2-4-14(12)20-15/h1-9,16-17H/t16-,17-/m0/s1. The number of para-hydroxylation sites is 1. The molecule has 3 aromatic rings. The number of halogens is 1. The lowest BCUT2D eigenvalue weighted by Crippen LogP contribution is -2.01. The Morgan fingerprint density at radius 2 is 1.71 bits per heavy atom. The largest absolute Gasteiger partial charge is 0.458 e. The second-order valence-electron chi connectivity index (χ2n) is 5.04. The van der Waals surface area contributed by atoms with Gasteiger partial charge in [0.25, 0.3) is 0 Å². The van der Waals surface area contributed by atoms with Crippen LogP contribution in [0.5, 0.6) is 0 Å². The highest BCUT2D eigenvalue weighted by Gasteiger charge is 2.43. The monoisotopic (exact) mass is 298 g/mol. The minimum Gasteiger partial charge on any atom is -0.458 e. The van der Waals surface area contributed by atoms with Gasteiger partial charge in [0.05, 0.1) is 5.39 Å². The summed E-state index contributed by atoms with van der Waals surface area (Å²) < 4.78 is 11.4. The van der Waals surface area contributed by atoms with Crippen LogP contribution in [0, 0.1) is 0 Å². The molecular weight excluding hydrogens is 288 g/mol. The van der Waals surface area contributed by atoms with Gasteiger partial charge in [-0.25, -0.2) is 0 Å². The lowest BCUT2D eigenvalue weighted by molar-refractivity contribution is 0.352. The van der Waals surface area contributed by atoms with Crippen molar-refractivity contribution < 1.29 is 9.15 Å². The molecule has 4 rings (SSSR count). The third-order valence-electron chi connectivity index (χ3n) is 3.62. The van der Waals surface area contributed by atoms with Crippen molar-refractivity contribution in [2.75, 3.05) is 0 Å². The van der Waals surface area contributed by atoms with Gasteiger partial charge in [-0.15, -0.1) is 0 Å². The summed E-state index contributed by atoms with van der Waals surface area (Å²) in [6.07, 6.45) is -0.282. The molecule has 1 fully saturated rings. The molecule has 4 heteroatoms. The van der Waals surface area contributed by atoms with Crippen molar-refractivity contribution in [1.82, 2.24) is 0 Å². The van der Waals surface area contributed by atoms with Crippen molar-refractivity contribution in [3.63, 3.8) is 0 Å². The van der Waals surface area contributed by atoms with Crippen molar-refractivity contribution in [2.24, 2.45) is 0 Å². The molecule has 2 heterocycles. The van der Waals surface area contributed by atoms with Crippen LogP contribution in [0.2, 0.25) is 5.02 Å². The Balaban J connectivity index is 1.69. The molecule has 3 nitrogen and oxygen atoms in total. The quantitative estimate of drug-likeness (QED) is 0.664. The zero-order chi connectivity index (χ0) is 14.4. The molecule has 0 aliphatic carbocycles. The molecule has 1 aliphatic heterocycles. The van der Waals surface area contributed by atoms with E-state index in [1.54, 1.807) is 12.1 Å². The number of epoxide rings is 1. The Morgan fingerprint density at radius 1 is 0.952 bits per heavy atom. The van der Waals surface area contributed by atoms with Crippen LogP contribution in [0.3, 0.4) is 0 Å². The fourth-order valence-electron chi connectivity index (χ4n) is 2.50. The average Bonchev–Trinajstić information content (AvgIpc) is 3.28. The van der Waals surface area contributed by atoms with E-state index in [0.29, 0.717) is 21.8 Å². The van der Waals surface area contributed by atoms with Crippen molar-refractivity contribution in [3.05, 3.63) is 81.2 Å². The van der Waals surface area contributed by atoms with Crippen molar-refractivity contribution >= 4 is 22.6 Å². The third kappa shape index (κ3) is 2.24. The zero-order valence-corrected chi connectivity index (χ0v) is 11.7. The van der Waals surface area contributed by atoms with E-state index in [9.17, 15) is 4.79 Å². The number of hydrogen-bond acceptors (Lipinski definition) is 3. The van der Waals surface area contributed by atoms with Crippen LogP contribution >= 0.6 is 11.6 Å². The second kappa shape index (κ2) is 4.72. The van der Waals surface area contributed by atoms with Gasteiger partial charge >= 0.3 is 0 Å². The Hall–Kier alpha value is -2.10. The lowest BCUT2D eigenvalue weighted by Gasteiger charge is -2.00. The van der Waals surface area contributed by atoms with E-state index < -0.39 is 0 Å². The first-order valence-electron chi connectivity index (χ1n) is 6.66. The van der Waals surface area contributed by atoms with Gasteiger partial charge in [-0.1, -0.05) is 35.9 Å². The number of ether oxygens (including phenoxy) is 1. The van der Waals surface area contributed by atoms with Crippen LogP contribution in [0.15, 0.2) is 63.8 Å². The van der Waals surface area contributed by atoms with Crippen LogP contribution in [-0.2, 0) is 4.74 Å². The maximum absolute atomic E-state index is 12.1. The summed E-state index contributed by atoms with van der Waals surface area (Å²) in [7, 11) is 0. The summed E-state index contributed by atoms with van der Waals surface area (Å²) in [6.45, 7) is 0. The SMILES string of the molecule is O=c1cc([C@@H]2O[C@H]2c2ccc(Cl)cc2)oc2ccccc12. The highest BCUT2D eigenvalue weighted by molar-refractivity contribution is 6.30. The molecule has 104 valence electrons. The molecule has 21 heavy (non-hydrogen) atoms. The molecule has 0 amide bonds. The molecule has 2 aromatic carbocycles.